The van der Waals surface area contributed by atoms with Crippen molar-refractivity contribution in [1.29, 1.82) is 0 Å². The van der Waals surface area contributed by atoms with Gasteiger partial charge in [-0.3, -0.25) is 18.7 Å². The summed E-state index contributed by atoms with van der Waals surface area (Å²) >= 11 is 0. The standard InChI is InChI=1S/C18H21N9O3/c1-24-15(8-16(28)25(2)18(24)30)21-17(29)12-4-3-7-26(9-12)13-5-6-14(23-22-13)27-11-19-10-20-27/h5-6,8,10-12H,3-4,7,9H2,1-2H3,(H,21,29). The van der Waals surface area contributed by atoms with E-state index in [4.69, 9.17) is 0 Å². The Morgan fingerprint density at radius 1 is 1.13 bits per heavy atom. The molecule has 1 aliphatic rings. The van der Waals surface area contributed by atoms with E-state index in [0.717, 1.165) is 17.5 Å². The molecular formula is C18H21N9O3. The van der Waals surface area contributed by atoms with Crippen molar-refractivity contribution in [2.24, 2.45) is 20.0 Å². The molecule has 1 amide bonds. The van der Waals surface area contributed by atoms with E-state index in [2.05, 4.69) is 25.6 Å². The molecule has 0 bridgehead atoms. The number of hydrogen-bond donors (Lipinski definition) is 1. The zero-order valence-corrected chi connectivity index (χ0v) is 16.6. The number of piperidine rings is 1. The Kier molecular flexibility index (Phi) is 5.12. The van der Waals surface area contributed by atoms with Gasteiger partial charge in [-0.1, -0.05) is 0 Å². The zero-order chi connectivity index (χ0) is 21.3. The van der Waals surface area contributed by atoms with E-state index in [1.54, 1.807) is 6.07 Å². The molecule has 1 fully saturated rings. The van der Waals surface area contributed by atoms with E-state index in [9.17, 15) is 14.4 Å². The van der Waals surface area contributed by atoms with Gasteiger partial charge in [-0.2, -0.15) is 5.10 Å². The van der Waals surface area contributed by atoms with Gasteiger partial charge in [0.1, 0.15) is 18.5 Å². The molecule has 0 radical (unpaired) electrons. The van der Waals surface area contributed by atoms with Crippen molar-refractivity contribution in [2.75, 3.05) is 23.3 Å². The van der Waals surface area contributed by atoms with Crippen molar-refractivity contribution in [2.45, 2.75) is 12.8 Å². The highest BCUT2D eigenvalue weighted by atomic mass is 16.2. The maximum absolute atomic E-state index is 12.8. The van der Waals surface area contributed by atoms with E-state index >= 15 is 0 Å². The van der Waals surface area contributed by atoms with Gasteiger partial charge in [-0.15, -0.1) is 10.2 Å². The quantitative estimate of drug-likeness (QED) is 0.596. The van der Waals surface area contributed by atoms with Gasteiger partial charge in [0.05, 0.1) is 5.92 Å². The number of aromatic nitrogens is 7. The third-order valence-corrected chi connectivity index (χ3v) is 5.18. The molecule has 12 heteroatoms. The van der Waals surface area contributed by atoms with Crippen LogP contribution < -0.4 is 21.5 Å². The van der Waals surface area contributed by atoms with Gasteiger partial charge in [0.2, 0.25) is 5.91 Å². The van der Waals surface area contributed by atoms with Crippen LogP contribution in [0.25, 0.3) is 5.82 Å². The number of amides is 1. The molecule has 1 aliphatic heterocycles. The first-order chi connectivity index (χ1) is 14.4. The molecule has 156 valence electrons. The van der Waals surface area contributed by atoms with Gasteiger partial charge in [0.25, 0.3) is 5.56 Å². The second kappa shape index (κ2) is 7.89. The van der Waals surface area contributed by atoms with E-state index in [0.29, 0.717) is 24.6 Å². The van der Waals surface area contributed by atoms with Crippen LogP contribution in [0.15, 0.2) is 40.4 Å². The van der Waals surface area contributed by atoms with Crippen LogP contribution in [-0.2, 0) is 18.9 Å². The Hall–Kier alpha value is -3.83. The molecule has 1 atom stereocenters. The molecule has 4 heterocycles. The van der Waals surface area contributed by atoms with Crippen molar-refractivity contribution in [3.8, 4) is 5.82 Å². The number of nitrogens with zero attached hydrogens (tertiary/aromatic N) is 8. The normalized spacial score (nSPS) is 16.5. The number of nitrogens with one attached hydrogen (secondary N) is 1. The molecule has 30 heavy (non-hydrogen) atoms. The first-order valence-corrected chi connectivity index (χ1v) is 9.45. The lowest BCUT2D eigenvalue weighted by atomic mass is 9.97. The minimum absolute atomic E-state index is 0.183. The minimum atomic E-state index is -0.495. The first-order valence-electron chi connectivity index (χ1n) is 9.45. The van der Waals surface area contributed by atoms with Crippen LogP contribution in [0.2, 0.25) is 0 Å². The van der Waals surface area contributed by atoms with Gasteiger partial charge in [0, 0.05) is 33.3 Å². The monoisotopic (exact) mass is 411 g/mol. The van der Waals surface area contributed by atoms with Gasteiger partial charge >= 0.3 is 5.69 Å². The average Bonchev–Trinajstić information content (AvgIpc) is 3.31. The van der Waals surface area contributed by atoms with Crippen LogP contribution in [0.3, 0.4) is 0 Å². The fourth-order valence-electron chi connectivity index (χ4n) is 3.42. The number of rotatable bonds is 4. The minimum Gasteiger partial charge on any atom is -0.354 e. The van der Waals surface area contributed by atoms with Crippen molar-refractivity contribution in [3.05, 3.63) is 51.7 Å². The number of carbonyl (C=O) groups excluding carboxylic acids is 1. The molecule has 0 spiro atoms. The Morgan fingerprint density at radius 2 is 1.90 bits per heavy atom. The van der Waals surface area contributed by atoms with Crippen LogP contribution >= 0.6 is 0 Å². The molecule has 3 aromatic rings. The van der Waals surface area contributed by atoms with Crippen LogP contribution in [0.4, 0.5) is 11.6 Å². The van der Waals surface area contributed by atoms with Crippen LogP contribution in [0, 0.1) is 5.92 Å². The summed E-state index contributed by atoms with van der Waals surface area (Å²) in [5, 5.41) is 15.2. The van der Waals surface area contributed by atoms with Crippen LogP contribution in [0.5, 0.6) is 0 Å². The molecule has 3 aromatic heterocycles. The smallest absolute Gasteiger partial charge is 0.332 e. The van der Waals surface area contributed by atoms with Gasteiger partial charge in [-0.05, 0) is 25.0 Å². The maximum atomic E-state index is 12.8. The molecular weight excluding hydrogens is 390 g/mol. The topological polar surface area (TPSA) is 133 Å². The lowest BCUT2D eigenvalue weighted by Crippen LogP contribution is -2.43. The molecule has 0 aliphatic carbocycles. The summed E-state index contributed by atoms with van der Waals surface area (Å²) in [6.45, 7) is 1.22. The van der Waals surface area contributed by atoms with E-state index in [1.165, 1.54) is 42.1 Å². The Labute approximate surface area is 170 Å². The first kappa shape index (κ1) is 19.5. The number of carbonyl (C=O) groups is 1. The summed E-state index contributed by atoms with van der Waals surface area (Å²) in [5.41, 5.74) is -0.966. The SMILES string of the molecule is Cn1c(NC(=O)C2CCCN(c3ccc(-n4cncn4)nn3)C2)cc(=O)n(C)c1=O. The Bertz CT molecular complexity index is 1170. The highest BCUT2D eigenvalue weighted by Crippen LogP contribution is 2.22. The number of anilines is 2. The predicted molar refractivity (Wildman–Crippen MR) is 107 cm³/mol. The van der Waals surface area contributed by atoms with E-state index < -0.39 is 11.2 Å². The Balaban J connectivity index is 1.47. The van der Waals surface area contributed by atoms with Crippen molar-refractivity contribution in [3.63, 3.8) is 0 Å². The van der Waals surface area contributed by atoms with Crippen LogP contribution in [0.1, 0.15) is 12.8 Å². The van der Waals surface area contributed by atoms with Crippen molar-refractivity contribution >= 4 is 17.5 Å². The Morgan fingerprint density at radius 3 is 2.60 bits per heavy atom. The van der Waals surface area contributed by atoms with Crippen molar-refractivity contribution in [1.82, 2.24) is 34.1 Å². The summed E-state index contributed by atoms with van der Waals surface area (Å²) in [4.78, 5) is 42.6. The van der Waals surface area contributed by atoms with Crippen molar-refractivity contribution < 1.29 is 4.79 Å². The molecule has 1 unspecified atom stereocenters. The fourth-order valence-corrected chi connectivity index (χ4v) is 3.42. The second-order valence-corrected chi connectivity index (χ2v) is 7.13. The summed E-state index contributed by atoms with van der Waals surface area (Å²) < 4.78 is 3.74. The highest BCUT2D eigenvalue weighted by Gasteiger charge is 2.27. The summed E-state index contributed by atoms with van der Waals surface area (Å²) in [6, 6.07) is 4.86. The molecule has 4 rings (SSSR count). The summed E-state index contributed by atoms with van der Waals surface area (Å²) in [5.74, 6) is 0.846. The van der Waals surface area contributed by atoms with Gasteiger partial charge in [-0.25, -0.2) is 14.5 Å². The van der Waals surface area contributed by atoms with E-state index in [1.807, 2.05) is 11.0 Å². The largest absolute Gasteiger partial charge is 0.354 e. The second-order valence-electron chi connectivity index (χ2n) is 7.13. The lowest BCUT2D eigenvalue weighted by Gasteiger charge is -2.32. The molecule has 1 N–H and O–H groups in total. The van der Waals surface area contributed by atoms with Gasteiger partial charge < -0.3 is 10.2 Å². The number of hydrogen-bond acceptors (Lipinski definition) is 8. The summed E-state index contributed by atoms with van der Waals surface area (Å²) in [6.07, 6.45) is 4.46. The summed E-state index contributed by atoms with van der Waals surface area (Å²) in [7, 11) is 2.90. The predicted octanol–water partition coefficient (Wildman–Crippen LogP) is -0.690. The molecule has 1 saturated heterocycles. The molecule has 0 saturated carbocycles. The van der Waals surface area contributed by atoms with Gasteiger partial charge in [0.15, 0.2) is 11.6 Å². The van der Waals surface area contributed by atoms with E-state index in [-0.39, 0.29) is 17.6 Å². The molecule has 0 aromatic carbocycles. The molecule has 12 nitrogen and oxygen atoms in total. The average molecular weight is 411 g/mol. The lowest BCUT2D eigenvalue weighted by molar-refractivity contribution is -0.120. The third-order valence-electron chi connectivity index (χ3n) is 5.18. The maximum Gasteiger partial charge on any atom is 0.332 e. The third kappa shape index (κ3) is 3.71. The van der Waals surface area contributed by atoms with Crippen LogP contribution in [-0.4, -0.2) is 53.1 Å². The fraction of sp³-hybridized carbons (Fsp3) is 0.389. The zero-order valence-electron chi connectivity index (χ0n) is 16.6. The highest BCUT2D eigenvalue weighted by molar-refractivity contribution is 5.92.